The van der Waals surface area contributed by atoms with Crippen molar-refractivity contribution < 1.29 is 14.5 Å². The Kier molecular flexibility index (Phi) is 5.43. The fraction of sp³-hybridized carbons (Fsp3) is 0.333. The smallest absolute Gasteiger partial charge is 0.270 e. The first-order valence-electron chi connectivity index (χ1n) is 8.38. The molecule has 1 fully saturated rings. The summed E-state index contributed by atoms with van der Waals surface area (Å²) in [5.74, 6) is 0.0902. The second-order valence-electron chi connectivity index (χ2n) is 6.27. The highest BCUT2D eigenvalue weighted by atomic mass is 16.6. The fourth-order valence-electron chi connectivity index (χ4n) is 2.76. The summed E-state index contributed by atoms with van der Waals surface area (Å²) in [6.07, 6.45) is 3.59. The number of benzene rings is 1. The molecule has 2 heterocycles. The van der Waals surface area contributed by atoms with Gasteiger partial charge in [-0.05, 0) is 32.0 Å². The number of nitro groups is 1. The van der Waals surface area contributed by atoms with Gasteiger partial charge in [0.2, 0.25) is 5.88 Å². The lowest BCUT2D eigenvalue weighted by Gasteiger charge is -2.28. The third-order valence-corrected chi connectivity index (χ3v) is 4.27. The van der Waals surface area contributed by atoms with Crippen molar-refractivity contribution in [2.75, 3.05) is 25.5 Å². The van der Waals surface area contributed by atoms with Crippen LogP contribution in [0.25, 0.3) is 0 Å². The zero-order valence-corrected chi connectivity index (χ0v) is 14.4. The maximum Gasteiger partial charge on any atom is 0.270 e. The van der Waals surface area contributed by atoms with Crippen molar-refractivity contribution in [3.63, 3.8) is 0 Å². The summed E-state index contributed by atoms with van der Waals surface area (Å²) < 4.78 is 5.86. The Hall–Kier alpha value is -3.00. The molecule has 0 saturated carbocycles. The number of rotatable bonds is 5. The van der Waals surface area contributed by atoms with Crippen molar-refractivity contribution >= 4 is 17.3 Å². The number of carbonyl (C=O) groups is 1. The van der Waals surface area contributed by atoms with E-state index in [4.69, 9.17) is 4.74 Å². The summed E-state index contributed by atoms with van der Waals surface area (Å²) in [5, 5.41) is 13.5. The number of hydrogen-bond donors (Lipinski definition) is 1. The van der Waals surface area contributed by atoms with Crippen molar-refractivity contribution in [1.82, 2.24) is 9.88 Å². The van der Waals surface area contributed by atoms with Crippen LogP contribution in [0.3, 0.4) is 0 Å². The van der Waals surface area contributed by atoms with Crippen LogP contribution in [-0.4, -0.2) is 47.0 Å². The first kappa shape index (κ1) is 17.8. The Labute approximate surface area is 150 Å². The number of ether oxygens (including phenoxy) is 1. The van der Waals surface area contributed by atoms with Crippen LogP contribution in [0.5, 0.6) is 5.88 Å². The van der Waals surface area contributed by atoms with E-state index in [1.165, 1.54) is 30.5 Å². The lowest BCUT2D eigenvalue weighted by molar-refractivity contribution is -0.384. The molecule has 1 amide bonds. The largest absolute Gasteiger partial charge is 0.474 e. The maximum atomic E-state index is 12.2. The van der Waals surface area contributed by atoms with E-state index in [1.54, 1.807) is 12.1 Å². The van der Waals surface area contributed by atoms with Gasteiger partial charge in [0.05, 0.1) is 16.8 Å². The summed E-state index contributed by atoms with van der Waals surface area (Å²) >= 11 is 0. The van der Waals surface area contributed by atoms with Crippen LogP contribution in [0.1, 0.15) is 23.2 Å². The van der Waals surface area contributed by atoms with Crippen LogP contribution in [0, 0.1) is 10.1 Å². The minimum Gasteiger partial charge on any atom is -0.474 e. The van der Waals surface area contributed by atoms with Crippen LogP contribution in [0.15, 0.2) is 42.6 Å². The molecule has 0 atom stereocenters. The minimum absolute atomic E-state index is 0.127. The highest BCUT2D eigenvalue weighted by Crippen LogP contribution is 2.19. The van der Waals surface area contributed by atoms with Crippen molar-refractivity contribution in [3.8, 4) is 5.88 Å². The van der Waals surface area contributed by atoms with Gasteiger partial charge in [0.15, 0.2) is 0 Å². The van der Waals surface area contributed by atoms with Gasteiger partial charge in [-0.1, -0.05) is 6.07 Å². The summed E-state index contributed by atoms with van der Waals surface area (Å²) in [7, 11) is 2.09. The number of aromatic nitrogens is 1. The molecule has 1 aliphatic rings. The Balaban J connectivity index is 1.59. The summed E-state index contributed by atoms with van der Waals surface area (Å²) in [4.78, 5) is 29.0. The molecule has 0 bridgehead atoms. The van der Waals surface area contributed by atoms with E-state index in [0.717, 1.165) is 25.9 Å². The number of likely N-dealkylation sites (tertiary alicyclic amines) is 1. The molecule has 8 heteroatoms. The Morgan fingerprint density at radius 2 is 2.08 bits per heavy atom. The van der Waals surface area contributed by atoms with Gasteiger partial charge in [0, 0.05) is 36.9 Å². The number of piperidine rings is 1. The van der Waals surface area contributed by atoms with Crippen molar-refractivity contribution in [1.29, 1.82) is 0 Å². The molecule has 0 aliphatic carbocycles. The van der Waals surface area contributed by atoms with E-state index in [9.17, 15) is 14.9 Å². The van der Waals surface area contributed by atoms with E-state index in [0.29, 0.717) is 11.6 Å². The average Bonchev–Trinajstić information content (AvgIpc) is 2.65. The second kappa shape index (κ2) is 7.92. The van der Waals surface area contributed by atoms with Gasteiger partial charge in [-0.3, -0.25) is 14.9 Å². The highest BCUT2D eigenvalue weighted by Gasteiger charge is 2.18. The van der Waals surface area contributed by atoms with Gasteiger partial charge >= 0.3 is 0 Å². The molecular formula is C18H20N4O4. The highest BCUT2D eigenvalue weighted by molar-refractivity contribution is 6.04. The summed E-state index contributed by atoms with van der Waals surface area (Å²) in [5.41, 5.74) is 0.584. The summed E-state index contributed by atoms with van der Waals surface area (Å²) in [6.45, 7) is 2.00. The van der Waals surface area contributed by atoms with Gasteiger partial charge in [-0.15, -0.1) is 0 Å². The number of amides is 1. The number of nitrogens with zero attached hydrogens (tertiary/aromatic N) is 3. The molecule has 1 aromatic carbocycles. The molecule has 2 aromatic rings. The van der Waals surface area contributed by atoms with E-state index < -0.39 is 10.8 Å². The number of anilines is 1. The normalized spacial score (nSPS) is 15.4. The van der Waals surface area contributed by atoms with Crippen molar-refractivity contribution in [3.05, 3.63) is 58.3 Å². The summed E-state index contributed by atoms with van der Waals surface area (Å²) in [6, 6.07) is 8.99. The topological polar surface area (TPSA) is 97.6 Å². The molecular weight excluding hydrogens is 336 g/mol. The predicted octanol–water partition coefficient (Wildman–Crippen LogP) is 2.72. The maximum absolute atomic E-state index is 12.2. The number of nitro benzene ring substituents is 1. The molecule has 0 unspecified atom stereocenters. The third-order valence-electron chi connectivity index (χ3n) is 4.27. The van der Waals surface area contributed by atoms with E-state index in [1.807, 2.05) is 0 Å². The fourth-order valence-corrected chi connectivity index (χ4v) is 2.76. The molecule has 1 N–H and O–H groups in total. The quantitative estimate of drug-likeness (QED) is 0.653. The zero-order valence-electron chi connectivity index (χ0n) is 14.4. The standard InChI is InChI=1S/C18H20N4O4/c1-21-9-7-16(8-10-21)26-17-6-5-14(12-19-17)20-18(23)13-3-2-4-15(11-13)22(24)25/h2-6,11-12,16H,7-10H2,1H3,(H,20,23). The molecule has 8 nitrogen and oxygen atoms in total. The number of non-ortho nitro benzene ring substituents is 1. The third kappa shape index (κ3) is 4.54. The molecule has 0 spiro atoms. The number of pyridine rings is 1. The Morgan fingerprint density at radius 3 is 2.73 bits per heavy atom. The second-order valence-corrected chi connectivity index (χ2v) is 6.27. The minimum atomic E-state index is -0.534. The number of carbonyl (C=O) groups excluding carboxylic acids is 1. The lowest BCUT2D eigenvalue weighted by atomic mass is 10.1. The zero-order chi connectivity index (χ0) is 18.5. The van der Waals surface area contributed by atoms with Gasteiger partial charge in [-0.2, -0.15) is 0 Å². The molecule has 136 valence electrons. The van der Waals surface area contributed by atoms with Crippen LogP contribution in [-0.2, 0) is 0 Å². The molecule has 0 radical (unpaired) electrons. The molecule has 1 aliphatic heterocycles. The van der Waals surface area contributed by atoms with Crippen LogP contribution in [0.2, 0.25) is 0 Å². The van der Waals surface area contributed by atoms with E-state index in [-0.39, 0.29) is 17.4 Å². The molecule has 1 saturated heterocycles. The Morgan fingerprint density at radius 1 is 1.31 bits per heavy atom. The van der Waals surface area contributed by atoms with E-state index in [2.05, 4.69) is 22.2 Å². The van der Waals surface area contributed by atoms with Gasteiger partial charge < -0.3 is 15.0 Å². The Bertz CT molecular complexity index is 786. The first-order valence-corrected chi connectivity index (χ1v) is 8.38. The van der Waals surface area contributed by atoms with Gasteiger partial charge in [0.1, 0.15) is 6.10 Å². The number of nitrogens with one attached hydrogen (secondary N) is 1. The van der Waals surface area contributed by atoms with Crippen molar-refractivity contribution in [2.45, 2.75) is 18.9 Å². The predicted molar refractivity (Wildman–Crippen MR) is 96.4 cm³/mol. The average molecular weight is 356 g/mol. The molecule has 1 aromatic heterocycles. The monoisotopic (exact) mass is 356 g/mol. The van der Waals surface area contributed by atoms with Crippen LogP contribution < -0.4 is 10.1 Å². The SMILES string of the molecule is CN1CCC(Oc2ccc(NC(=O)c3cccc([N+](=O)[O-])c3)cn2)CC1. The first-order chi connectivity index (χ1) is 12.5. The van der Waals surface area contributed by atoms with E-state index >= 15 is 0 Å². The lowest BCUT2D eigenvalue weighted by Crippen LogP contribution is -2.35. The van der Waals surface area contributed by atoms with Gasteiger partial charge in [0.25, 0.3) is 11.6 Å². The van der Waals surface area contributed by atoms with Crippen molar-refractivity contribution in [2.24, 2.45) is 0 Å². The molecule has 26 heavy (non-hydrogen) atoms. The van der Waals surface area contributed by atoms with Crippen LogP contribution in [0.4, 0.5) is 11.4 Å². The van der Waals surface area contributed by atoms with Crippen LogP contribution >= 0.6 is 0 Å². The molecule has 3 rings (SSSR count). The van der Waals surface area contributed by atoms with Gasteiger partial charge in [-0.25, -0.2) is 4.98 Å². The number of hydrogen-bond acceptors (Lipinski definition) is 6.